The molecule has 0 unspecified atom stereocenters. The molecule has 0 spiro atoms. The second-order valence-corrected chi connectivity index (χ2v) is 7.86. The number of fused-ring (bicyclic) bond motifs is 2. The molecule has 6 nitrogen and oxygen atoms in total. The highest BCUT2D eigenvalue weighted by Gasteiger charge is 2.25. The summed E-state index contributed by atoms with van der Waals surface area (Å²) in [4.78, 5) is 27.2. The molecule has 2 aliphatic rings. The summed E-state index contributed by atoms with van der Waals surface area (Å²) in [6.07, 6.45) is 3.82. The first-order valence-electron chi connectivity index (χ1n) is 9.86. The molecular formula is C23H20ClN3O3. The van der Waals surface area contributed by atoms with Crippen LogP contribution < -0.4 is 5.32 Å². The molecule has 7 heteroatoms. The number of aromatic nitrogens is 1. The fourth-order valence-electron chi connectivity index (χ4n) is 4.05. The second kappa shape index (κ2) is 7.63. The highest BCUT2D eigenvalue weighted by Crippen LogP contribution is 2.36. The number of benzene rings is 2. The van der Waals surface area contributed by atoms with Crippen molar-refractivity contribution in [3.05, 3.63) is 64.8 Å². The number of morpholine rings is 1. The van der Waals surface area contributed by atoms with Crippen molar-refractivity contribution in [3.63, 3.8) is 0 Å². The van der Waals surface area contributed by atoms with Crippen LogP contribution >= 0.6 is 11.6 Å². The third kappa shape index (κ3) is 3.38. The van der Waals surface area contributed by atoms with Gasteiger partial charge in [-0.2, -0.15) is 0 Å². The second-order valence-electron chi connectivity index (χ2n) is 7.42. The Morgan fingerprint density at radius 2 is 1.97 bits per heavy atom. The molecule has 1 N–H and O–H groups in total. The lowest BCUT2D eigenvalue weighted by Crippen LogP contribution is -2.42. The van der Waals surface area contributed by atoms with Crippen LogP contribution in [0.15, 0.2) is 48.7 Å². The molecule has 30 heavy (non-hydrogen) atoms. The Hall–Kier alpha value is -3.09. The van der Waals surface area contributed by atoms with Crippen molar-refractivity contribution in [2.24, 2.45) is 0 Å². The number of anilines is 1. The minimum atomic E-state index is -0.159. The Balaban J connectivity index is 1.53. The Labute approximate surface area is 178 Å². The number of nitrogens with zero attached hydrogens (tertiary/aromatic N) is 2. The number of hydrogen-bond acceptors (Lipinski definition) is 3. The Morgan fingerprint density at radius 3 is 2.80 bits per heavy atom. The van der Waals surface area contributed by atoms with Gasteiger partial charge in [0.15, 0.2) is 0 Å². The van der Waals surface area contributed by atoms with E-state index >= 15 is 0 Å². The summed E-state index contributed by atoms with van der Waals surface area (Å²) in [6.45, 7) is 2.65. The molecule has 2 aliphatic heterocycles. The van der Waals surface area contributed by atoms with E-state index in [4.69, 9.17) is 16.3 Å². The predicted molar refractivity (Wildman–Crippen MR) is 117 cm³/mol. The molecule has 1 fully saturated rings. The average molecular weight is 422 g/mol. The number of carbonyl (C=O) groups is 2. The first kappa shape index (κ1) is 18.9. The van der Waals surface area contributed by atoms with Gasteiger partial charge in [0.05, 0.1) is 18.9 Å². The number of amides is 2. The maximum atomic E-state index is 12.8. The molecular weight excluding hydrogens is 402 g/mol. The fourth-order valence-corrected chi connectivity index (χ4v) is 4.22. The Kier molecular flexibility index (Phi) is 4.81. The van der Waals surface area contributed by atoms with E-state index in [1.807, 2.05) is 52.1 Å². The topological polar surface area (TPSA) is 63.6 Å². The van der Waals surface area contributed by atoms with E-state index in [2.05, 4.69) is 5.32 Å². The third-order valence-corrected chi connectivity index (χ3v) is 5.79. The fraction of sp³-hybridized carbons (Fsp3) is 0.217. The van der Waals surface area contributed by atoms with Gasteiger partial charge >= 0.3 is 0 Å². The Bertz CT molecular complexity index is 1190. The first-order valence-corrected chi connectivity index (χ1v) is 10.2. The summed E-state index contributed by atoms with van der Waals surface area (Å²) in [5.41, 5.74) is 3.98. The van der Waals surface area contributed by atoms with Crippen LogP contribution in [-0.2, 0) is 20.9 Å². The van der Waals surface area contributed by atoms with E-state index in [0.29, 0.717) is 42.6 Å². The van der Waals surface area contributed by atoms with Crippen molar-refractivity contribution in [2.75, 3.05) is 31.6 Å². The number of carbonyl (C=O) groups excluding carboxylic acids is 2. The van der Waals surface area contributed by atoms with E-state index in [-0.39, 0.29) is 18.4 Å². The third-order valence-electron chi connectivity index (χ3n) is 5.55. The summed E-state index contributed by atoms with van der Waals surface area (Å²) >= 11 is 6.06. The molecule has 3 aromatic rings. The van der Waals surface area contributed by atoms with Crippen molar-refractivity contribution in [1.82, 2.24) is 9.47 Å². The van der Waals surface area contributed by atoms with Crippen LogP contribution in [0.25, 0.3) is 22.6 Å². The SMILES string of the molecule is O=C1Nc2cc(Cl)ccc2C1=Cc1cn(CC(=O)N2CCOCC2)c2ccccc12. The number of rotatable bonds is 3. The van der Waals surface area contributed by atoms with Gasteiger partial charge in [-0.05, 0) is 24.3 Å². The lowest BCUT2D eigenvalue weighted by atomic mass is 10.0. The van der Waals surface area contributed by atoms with Crippen LogP contribution in [0.3, 0.4) is 0 Å². The molecule has 2 amide bonds. The number of nitrogens with one attached hydrogen (secondary N) is 1. The van der Waals surface area contributed by atoms with Crippen LogP contribution in [0, 0.1) is 0 Å². The van der Waals surface area contributed by atoms with E-state index in [9.17, 15) is 9.59 Å². The van der Waals surface area contributed by atoms with E-state index < -0.39 is 0 Å². The highest BCUT2D eigenvalue weighted by molar-refractivity contribution is 6.36. The van der Waals surface area contributed by atoms with E-state index in [1.165, 1.54) is 0 Å². The molecule has 1 aromatic heterocycles. The maximum absolute atomic E-state index is 12.8. The molecule has 0 bridgehead atoms. The van der Waals surface area contributed by atoms with Crippen LogP contribution in [-0.4, -0.2) is 47.6 Å². The molecule has 5 rings (SSSR count). The molecule has 3 heterocycles. The van der Waals surface area contributed by atoms with E-state index in [0.717, 1.165) is 22.0 Å². The quantitative estimate of drug-likeness (QED) is 0.656. The number of halogens is 1. The van der Waals surface area contributed by atoms with Crippen LogP contribution in [0.4, 0.5) is 5.69 Å². The van der Waals surface area contributed by atoms with Gasteiger partial charge in [-0.15, -0.1) is 0 Å². The predicted octanol–water partition coefficient (Wildman–Crippen LogP) is 3.65. The van der Waals surface area contributed by atoms with Gasteiger partial charge in [-0.1, -0.05) is 35.9 Å². The van der Waals surface area contributed by atoms with Gasteiger partial charge in [0.25, 0.3) is 5.91 Å². The molecule has 1 saturated heterocycles. The molecule has 152 valence electrons. The van der Waals surface area contributed by atoms with Gasteiger partial charge in [-0.3, -0.25) is 9.59 Å². The minimum Gasteiger partial charge on any atom is -0.378 e. The van der Waals surface area contributed by atoms with Gasteiger partial charge in [0.2, 0.25) is 5.91 Å². The summed E-state index contributed by atoms with van der Waals surface area (Å²) in [7, 11) is 0. The van der Waals surface area contributed by atoms with Crippen LogP contribution in [0.2, 0.25) is 5.02 Å². The monoisotopic (exact) mass is 421 g/mol. The van der Waals surface area contributed by atoms with Crippen LogP contribution in [0.1, 0.15) is 11.1 Å². The van der Waals surface area contributed by atoms with Crippen molar-refractivity contribution < 1.29 is 14.3 Å². The van der Waals surface area contributed by atoms with Crippen molar-refractivity contribution >= 4 is 51.7 Å². The number of ether oxygens (including phenoxy) is 1. The highest BCUT2D eigenvalue weighted by atomic mass is 35.5. The van der Waals surface area contributed by atoms with Crippen LogP contribution in [0.5, 0.6) is 0 Å². The van der Waals surface area contributed by atoms with Crippen molar-refractivity contribution in [2.45, 2.75) is 6.54 Å². The molecule has 2 aromatic carbocycles. The van der Waals surface area contributed by atoms with Gasteiger partial charge < -0.3 is 19.5 Å². The normalized spacial score (nSPS) is 17.4. The lowest BCUT2D eigenvalue weighted by Gasteiger charge is -2.27. The maximum Gasteiger partial charge on any atom is 0.256 e. The van der Waals surface area contributed by atoms with E-state index in [1.54, 1.807) is 12.1 Å². The lowest BCUT2D eigenvalue weighted by molar-refractivity contribution is -0.135. The largest absolute Gasteiger partial charge is 0.378 e. The Morgan fingerprint density at radius 1 is 1.17 bits per heavy atom. The molecule has 0 atom stereocenters. The number of hydrogen-bond donors (Lipinski definition) is 1. The first-order chi connectivity index (χ1) is 14.6. The average Bonchev–Trinajstić information content (AvgIpc) is 3.26. The van der Waals surface area contributed by atoms with Gasteiger partial charge in [0.1, 0.15) is 6.54 Å². The standard InChI is InChI=1S/C23H20ClN3O3/c24-16-5-6-18-19(23(29)25-20(18)12-16)11-15-13-27(21-4-2-1-3-17(15)21)14-22(28)26-7-9-30-10-8-26/h1-6,11-13H,7-10,14H2,(H,25,29). The zero-order valence-corrected chi connectivity index (χ0v) is 17.0. The summed E-state index contributed by atoms with van der Waals surface area (Å²) in [6, 6.07) is 13.3. The van der Waals surface area contributed by atoms with Crippen molar-refractivity contribution in [1.29, 1.82) is 0 Å². The van der Waals surface area contributed by atoms with Gasteiger partial charge in [-0.25, -0.2) is 0 Å². The van der Waals surface area contributed by atoms with Gasteiger partial charge in [0, 0.05) is 51.9 Å². The smallest absolute Gasteiger partial charge is 0.256 e. The summed E-state index contributed by atoms with van der Waals surface area (Å²) < 4.78 is 7.29. The number of para-hydroxylation sites is 1. The minimum absolute atomic E-state index is 0.0665. The summed E-state index contributed by atoms with van der Waals surface area (Å²) in [5.74, 6) is -0.0923. The van der Waals surface area contributed by atoms with Crippen molar-refractivity contribution in [3.8, 4) is 0 Å². The zero-order chi connectivity index (χ0) is 20.7. The molecule has 0 saturated carbocycles. The molecule has 0 radical (unpaired) electrons. The zero-order valence-electron chi connectivity index (χ0n) is 16.2. The molecule has 0 aliphatic carbocycles. The summed E-state index contributed by atoms with van der Waals surface area (Å²) in [5, 5.41) is 4.44.